The predicted octanol–water partition coefficient (Wildman–Crippen LogP) is 2.40. The topological polar surface area (TPSA) is 60.2 Å². The first kappa shape index (κ1) is 14.5. The third-order valence-electron chi connectivity index (χ3n) is 3.00. The molecule has 3 nitrogen and oxygen atoms in total. The van der Waals surface area contributed by atoms with Crippen LogP contribution in [0.1, 0.15) is 11.1 Å². The second kappa shape index (κ2) is 6.48. The van der Waals surface area contributed by atoms with Gasteiger partial charge >= 0.3 is 0 Å². The predicted molar refractivity (Wildman–Crippen MR) is 82.5 cm³/mol. The Morgan fingerprint density at radius 3 is 2.40 bits per heavy atom. The maximum absolute atomic E-state index is 11.9. The number of hydrogen-bond donors (Lipinski definition) is 1. The number of primary amides is 1. The molecule has 104 valence electrons. The highest BCUT2D eigenvalue weighted by Crippen LogP contribution is 2.25. The van der Waals surface area contributed by atoms with E-state index in [4.69, 9.17) is 5.73 Å². The summed E-state index contributed by atoms with van der Waals surface area (Å²) in [5.74, 6) is -0.286. The lowest BCUT2D eigenvalue weighted by Gasteiger charge is -2.09. The molecule has 0 bridgehead atoms. The van der Waals surface area contributed by atoms with Crippen molar-refractivity contribution in [1.29, 1.82) is 0 Å². The molecule has 1 atom stereocenters. The van der Waals surface area contributed by atoms with Crippen molar-refractivity contribution < 1.29 is 9.00 Å². The zero-order valence-corrected chi connectivity index (χ0v) is 12.2. The Labute approximate surface area is 121 Å². The molecule has 20 heavy (non-hydrogen) atoms. The molecule has 1 unspecified atom stereocenters. The van der Waals surface area contributed by atoms with Crippen LogP contribution >= 0.6 is 0 Å². The van der Waals surface area contributed by atoms with E-state index in [0.29, 0.717) is 5.75 Å². The second-order valence-electron chi connectivity index (χ2n) is 4.72. The summed E-state index contributed by atoms with van der Waals surface area (Å²) in [6.07, 6.45) is 0. The van der Waals surface area contributed by atoms with Crippen molar-refractivity contribution in [2.75, 3.05) is 5.75 Å². The normalized spacial score (nSPS) is 12.1. The summed E-state index contributed by atoms with van der Waals surface area (Å²) in [5.41, 5.74) is 9.38. The largest absolute Gasteiger partial charge is 0.369 e. The van der Waals surface area contributed by atoms with E-state index in [2.05, 4.69) is 0 Å². The number of carbonyl (C=O) groups is 1. The van der Waals surface area contributed by atoms with Gasteiger partial charge in [0.25, 0.3) is 0 Å². The molecule has 0 spiro atoms. The molecule has 2 N–H and O–H groups in total. The number of aryl methyl sites for hydroxylation is 1. The van der Waals surface area contributed by atoms with Gasteiger partial charge in [0.2, 0.25) is 5.91 Å². The van der Waals surface area contributed by atoms with E-state index in [1.54, 1.807) is 0 Å². The molecule has 2 rings (SSSR count). The summed E-state index contributed by atoms with van der Waals surface area (Å²) in [4.78, 5) is 10.8. The third kappa shape index (κ3) is 3.78. The van der Waals surface area contributed by atoms with Crippen molar-refractivity contribution >= 4 is 16.7 Å². The van der Waals surface area contributed by atoms with Gasteiger partial charge in [-0.15, -0.1) is 0 Å². The van der Waals surface area contributed by atoms with Crippen molar-refractivity contribution in [2.45, 2.75) is 12.7 Å². The van der Waals surface area contributed by atoms with Crippen LogP contribution in [0.3, 0.4) is 0 Å². The quantitative estimate of drug-likeness (QED) is 0.918. The van der Waals surface area contributed by atoms with Crippen LogP contribution in [0.15, 0.2) is 48.5 Å². The zero-order chi connectivity index (χ0) is 14.5. The van der Waals surface area contributed by atoms with Gasteiger partial charge in [-0.3, -0.25) is 9.00 Å². The van der Waals surface area contributed by atoms with Crippen molar-refractivity contribution in [3.8, 4) is 11.1 Å². The minimum absolute atomic E-state index is 0.0950. The highest BCUT2D eigenvalue weighted by atomic mass is 32.2. The molecule has 0 saturated carbocycles. The lowest BCUT2D eigenvalue weighted by molar-refractivity contribution is -0.115. The molecule has 0 radical (unpaired) electrons. The Balaban J connectivity index is 2.28. The van der Waals surface area contributed by atoms with Gasteiger partial charge in [-0.2, -0.15) is 0 Å². The van der Waals surface area contributed by atoms with Crippen molar-refractivity contribution in [3.63, 3.8) is 0 Å². The van der Waals surface area contributed by atoms with Crippen LogP contribution < -0.4 is 5.73 Å². The maximum Gasteiger partial charge on any atom is 0.230 e. The average molecular weight is 287 g/mol. The van der Waals surface area contributed by atoms with Gasteiger partial charge in [-0.1, -0.05) is 54.1 Å². The van der Waals surface area contributed by atoms with Gasteiger partial charge in [0.05, 0.1) is 0 Å². The number of nitrogens with two attached hydrogens (primary N) is 1. The van der Waals surface area contributed by atoms with E-state index < -0.39 is 16.7 Å². The van der Waals surface area contributed by atoms with Crippen LogP contribution in [-0.4, -0.2) is 15.9 Å². The first-order chi connectivity index (χ1) is 9.56. The molecule has 2 aromatic carbocycles. The Hall–Kier alpha value is -1.94. The summed E-state index contributed by atoms with van der Waals surface area (Å²) in [5, 5.41) is 0. The van der Waals surface area contributed by atoms with Gasteiger partial charge in [0.15, 0.2) is 0 Å². The minimum atomic E-state index is -1.26. The molecule has 0 heterocycles. The maximum atomic E-state index is 11.9. The molecule has 0 aromatic heterocycles. The van der Waals surface area contributed by atoms with Crippen LogP contribution in [0.2, 0.25) is 0 Å². The van der Waals surface area contributed by atoms with E-state index in [9.17, 15) is 9.00 Å². The standard InChI is InChI=1S/C16H17NO2S/c1-12-6-8-13(9-7-12)15-5-3-2-4-14(15)10-20(19)11-16(17)18/h2-9H,10-11H2,1H3,(H2,17,18). The second-order valence-corrected chi connectivity index (χ2v) is 6.17. The zero-order valence-electron chi connectivity index (χ0n) is 11.3. The Kier molecular flexibility index (Phi) is 4.69. The summed E-state index contributed by atoms with van der Waals surface area (Å²) in [6, 6.07) is 16.0. The van der Waals surface area contributed by atoms with Crippen LogP contribution in [0.4, 0.5) is 0 Å². The lowest BCUT2D eigenvalue weighted by atomic mass is 10.00. The number of benzene rings is 2. The van der Waals surface area contributed by atoms with Gasteiger partial charge < -0.3 is 5.73 Å². The molecular weight excluding hydrogens is 270 g/mol. The SMILES string of the molecule is Cc1ccc(-c2ccccc2CS(=O)CC(N)=O)cc1. The monoisotopic (exact) mass is 287 g/mol. The van der Waals surface area contributed by atoms with Gasteiger partial charge in [0, 0.05) is 16.6 Å². The van der Waals surface area contributed by atoms with Crippen molar-refractivity contribution in [2.24, 2.45) is 5.73 Å². The van der Waals surface area contributed by atoms with Gasteiger partial charge in [-0.05, 0) is 23.6 Å². The van der Waals surface area contributed by atoms with E-state index in [-0.39, 0.29) is 5.75 Å². The first-order valence-electron chi connectivity index (χ1n) is 6.34. The number of amides is 1. The summed E-state index contributed by atoms with van der Waals surface area (Å²) < 4.78 is 11.9. The van der Waals surface area contributed by atoms with Crippen LogP contribution in [0, 0.1) is 6.92 Å². The molecule has 0 aliphatic carbocycles. The van der Waals surface area contributed by atoms with E-state index in [1.807, 2.05) is 55.5 Å². The van der Waals surface area contributed by atoms with E-state index in [1.165, 1.54) is 5.56 Å². The summed E-state index contributed by atoms with van der Waals surface area (Å²) >= 11 is 0. The minimum Gasteiger partial charge on any atom is -0.369 e. The molecular formula is C16H17NO2S. The number of hydrogen-bond acceptors (Lipinski definition) is 2. The highest BCUT2D eigenvalue weighted by molar-refractivity contribution is 7.84. The summed E-state index contributed by atoms with van der Waals surface area (Å²) in [7, 11) is -1.26. The van der Waals surface area contributed by atoms with Gasteiger partial charge in [0.1, 0.15) is 5.75 Å². The van der Waals surface area contributed by atoms with Crippen molar-refractivity contribution in [3.05, 3.63) is 59.7 Å². The molecule has 0 saturated heterocycles. The number of rotatable bonds is 5. The molecule has 4 heteroatoms. The molecule has 0 aliphatic heterocycles. The first-order valence-corrected chi connectivity index (χ1v) is 7.83. The Morgan fingerprint density at radius 2 is 1.75 bits per heavy atom. The van der Waals surface area contributed by atoms with E-state index in [0.717, 1.165) is 16.7 Å². The van der Waals surface area contributed by atoms with Crippen LogP contribution in [-0.2, 0) is 21.3 Å². The fraction of sp³-hybridized carbons (Fsp3) is 0.188. The fourth-order valence-corrected chi connectivity index (χ4v) is 3.06. The molecule has 0 fully saturated rings. The number of carbonyl (C=O) groups excluding carboxylic acids is 1. The highest BCUT2D eigenvalue weighted by Gasteiger charge is 2.10. The van der Waals surface area contributed by atoms with E-state index >= 15 is 0 Å². The Morgan fingerprint density at radius 1 is 1.10 bits per heavy atom. The molecule has 1 amide bonds. The van der Waals surface area contributed by atoms with Crippen molar-refractivity contribution in [1.82, 2.24) is 0 Å². The van der Waals surface area contributed by atoms with Crippen LogP contribution in [0.5, 0.6) is 0 Å². The molecule has 2 aromatic rings. The summed E-state index contributed by atoms with van der Waals surface area (Å²) in [6.45, 7) is 2.04. The Bertz CT molecular complexity index is 635. The average Bonchev–Trinajstić information content (AvgIpc) is 2.39. The smallest absolute Gasteiger partial charge is 0.230 e. The lowest BCUT2D eigenvalue weighted by Crippen LogP contribution is -2.20. The molecule has 0 aliphatic rings. The van der Waals surface area contributed by atoms with Gasteiger partial charge in [-0.25, -0.2) is 0 Å². The fourth-order valence-electron chi connectivity index (χ4n) is 2.04. The third-order valence-corrected chi connectivity index (χ3v) is 4.24. The van der Waals surface area contributed by atoms with Crippen LogP contribution in [0.25, 0.3) is 11.1 Å².